The standard InChI is InChI=1S/C16H20O4/c1-13(5-2-3-11-17)6-4-12-20-15-9-7-14(8-10-15)16(18)19/h2,4-10,13,17H,3,11-12H2,1H3,(H,18,19)/b5-2+,6-4+. The van der Waals surface area contributed by atoms with E-state index in [0.717, 1.165) is 0 Å². The Morgan fingerprint density at radius 1 is 1.25 bits per heavy atom. The Labute approximate surface area is 119 Å². The van der Waals surface area contributed by atoms with Gasteiger partial charge in [0.2, 0.25) is 0 Å². The highest BCUT2D eigenvalue weighted by atomic mass is 16.5. The minimum Gasteiger partial charge on any atom is -0.490 e. The second-order valence-corrected chi connectivity index (χ2v) is 4.37. The zero-order valence-electron chi connectivity index (χ0n) is 11.5. The summed E-state index contributed by atoms with van der Waals surface area (Å²) in [6.45, 7) is 2.65. The molecule has 0 fully saturated rings. The summed E-state index contributed by atoms with van der Waals surface area (Å²) in [5.41, 5.74) is 0.246. The van der Waals surface area contributed by atoms with Crippen LogP contribution in [0, 0.1) is 5.92 Å². The molecule has 0 saturated carbocycles. The summed E-state index contributed by atoms with van der Waals surface area (Å²) in [7, 11) is 0. The van der Waals surface area contributed by atoms with Crippen LogP contribution in [0.4, 0.5) is 0 Å². The summed E-state index contributed by atoms with van der Waals surface area (Å²) < 4.78 is 5.47. The number of hydrogen-bond acceptors (Lipinski definition) is 3. The van der Waals surface area contributed by atoms with Gasteiger partial charge in [-0.1, -0.05) is 31.2 Å². The zero-order valence-corrected chi connectivity index (χ0v) is 11.5. The predicted molar refractivity (Wildman–Crippen MR) is 78.0 cm³/mol. The van der Waals surface area contributed by atoms with Crippen LogP contribution in [0.2, 0.25) is 0 Å². The summed E-state index contributed by atoms with van der Waals surface area (Å²) >= 11 is 0. The molecule has 20 heavy (non-hydrogen) atoms. The van der Waals surface area contributed by atoms with Crippen LogP contribution in [-0.4, -0.2) is 29.4 Å². The molecule has 0 aliphatic rings. The van der Waals surface area contributed by atoms with Gasteiger partial charge in [-0.25, -0.2) is 4.79 Å². The number of benzene rings is 1. The monoisotopic (exact) mass is 276 g/mol. The first kappa shape index (κ1) is 16.0. The number of carboxylic acids is 1. The lowest BCUT2D eigenvalue weighted by molar-refractivity contribution is 0.0697. The van der Waals surface area contributed by atoms with Crippen molar-refractivity contribution >= 4 is 5.97 Å². The molecule has 0 spiro atoms. The second kappa shape index (κ2) is 8.93. The first-order valence-electron chi connectivity index (χ1n) is 6.54. The van der Waals surface area contributed by atoms with E-state index in [1.165, 1.54) is 12.1 Å². The van der Waals surface area contributed by atoms with Crippen molar-refractivity contribution in [3.05, 3.63) is 54.1 Å². The highest BCUT2D eigenvalue weighted by Crippen LogP contribution is 2.12. The number of allylic oxidation sites excluding steroid dienone is 2. The number of carbonyl (C=O) groups is 1. The fourth-order valence-electron chi connectivity index (χ4n) is 1.56. The van der Waals surface area contributed by atoms with Gasteiger partial charge in [0.1, 0.15) is 12.4 Å². The average molecular weight is 276 g/mol. The topological polar surface area (TPSA) is 66.8 Å². The highest BCUT2D eigenvalue weighted by Gasteiger charge is 2.01. The maximum absolute atomic E-state index is 10.7. The summed E-state index contributed by atoms with van der Waals surface area (Å²) in [6.07, 6.45) is 8.57. The third-order valence-electron chi connectivity index (χ3n) is 2.62. The van der Waals surface area contributed by atoms with Crippen LogP contribution < -0.4 is 4.74 Å². The van der Waals surface area contributed by atoms with Crippen LogP contribution >= 0.6 is 0 Å². The molecule has 0 aliphatic heterocycles. The molecule has 0 radical (unpaired) electrons. The second-order valence-electron chi connectivity index (χ2n) is 4.37. The van der Waals surface area contributed by atoms with Gasteiger partial charge in [-0.15, -0.1) is 0 Å². The first-order chi connectivity index (χ1) is 9.63. The van der Waals surface area contributed by atoms with Crippen molar-refractivity contribution < 1.29 is 19.7 Å². The summed E-state index contributed by atoms with van der Waals surface area (Å²) in [6, 6.07) is 6.31. The number of aliphatic hydroxyl groups is 1. The lowest BCUT2D eigenvalue weighted by Gasteiger charge is -2.04. The molecule has 2 N–H and O–H groups in total. The van der Waals surface area contributed by atoms with Crippen molar-refractivity contribution in [1.29, 1.82) is 0 Å². The number of hydrogen-bond donors (Lipinski definition) is 2. The molecule has 1 aromatic rings. The summed E-state index contributed by atoms with van der Waals surface area (Å²) in [5.74, 6) is -0.0115. The van der Waals surface area contributed by atoms with Gasteiger partial charge in [0.05, 0.1) is 5.56 Å². The molecular formula is C16H20O4. The van der Waals surface area contributed by atoms with Crippen LogP contribution in [0.15, 0.2) is 48.6 Å². The Morgan fingerprint density at radius 2 is 1.90 bits per heavy atom. The summed E-state index contributed by atoms with van der Waals surface area (Å²) in [4.78, 5) is 10.7. The molecule has 108 valence electrons. The Balaban J connectivity index is 2.34. The van der Waals surface area contributed by atoms with Crippen molar-refractivity contribution in [2.45, 2.75) is 13.3 Å². The van der Waals surface area contributed by atoms with E-state index in [4.69, 9.17) is 14.9 Å². The molecule has 1 atom stereocenters. The lowest BCUT2D eigenvalue weighted by Crippen LogP contribution is -1.97. The predicted octanol–water partition coefficient (Wildman–Crippen LogP) is 2.89. The van der Waals surface area contributed by atoms with Gasteiger partial charge in [-0.3, -0.25) is 0 Å². The molecule has 0 aliphatic carbocycles. The normalized spacial score (nSPS) is 12.9. The molecule has 0 bridgehead atoms. The van der Waals surface area contributed by atoms with Gasteiger partial charge < -0.3 is 14.9 Å². The molecule has 0 amide bonds. The molecular weight excluding hydrogens is 256 g/mol. The van der Waals surface area contributed by atoms with Crippen LogP contribution in [0.3, 0.4) is 0 Å². The minimum atomic E-state index is -0.945. The van der Waals surface area contributed by atoms with Gasteiger partial charge in [-0.2, -0.15) is 0 Å². The number of aliphatic hydroxyl groups excluding tert-OH is 1. The lowest BCUT2D eigenvalue weighted by atomic mass is 10.1. The van der Waals surface area contributed by atoms with Gasteiger partial charge >= 0.3 is 5.97 Å². The van der Waals surface area contributed by atoms with Crippen molar-refractivity contribution in [3.8, 4) is 5.75 Å². The summed E-state index contributed by atoms with van der Waals surface area (Å²) in [5, 5.41) is 17.4. The van der Waals surface area contributed by atoms with E-state index in [-0.39, 0.29) is 12.2 Å². The smallest absolute Gasteiger partial charge is 0.335 e. The van der Waals surface area contributed by atoms with Crippen molar-refractivity contribution in [3.63, 3.8) is 0 Å². The van der Waals surface area contributed by atoms with Crippen LogP contribution in [0.5, 0.6) is 5.75 Å². The van der Waals surface area contributed by atoms with E-state index in [0.29, 0.717) is 24.7 Å². The van der Waals surface area contributed by atoms with Gasteiger partial charge in [-0.05, 0) is 36.6 Å². The molecule has 1 rings (SSSR count). The Kier molecular flexibility index (Phi) is 7.14. The molecule has 1 unspecified atom stereocenters. The minimum absolute atomic E-state index is 0.169. The van der Waals surface area contributed by atoms with E-state index >= 15 is 0 Å². The third kappa shape index (κ3) is 6.20. The average Bonchev–Trinajstić information content (AvgIpc) is 2.44. The zero-order chi connectivity index (χ0) is 14.8. The number of carboxylic acid groups (broad SMARTS) is 1. The fraction of sp³-hybridized carbons (Fsp3) is 0.312. The molecule has 0 saturated heterocycles. The SMILES string of the molecule is CC(/C=C/CCO)/C=C/COc1ccc(C(=O)O)cc1. The van der Waals surface area contributed by atoms with Crippen molar-refractivity contribution in [1.82, 2.24) is 0 Å². The molecule has 0 aromatic heterocycles. The number of aromatic carboxylic acids is 1. The van der Waals surface area contributed by atoms with E-state index < -0.39 is 5.97 Å². The Morgan fingerprint density at radius 3 is 2.50 bits per heavy atom. The molecule has 4 heteroatoms. The maximum atomic E-state index is 10.7. The Bertz CT molecular complexity index is 460. The van der Waals surface area contributed by atoms with E-state index in [2.05, 4.69) is 0 Å². The number of ether oxygens (including phenoxy) is 1. The van der Waals surface area contributed by atoms with Gasteiger partial charge in [0.25, 0.3) is 0 Å². The number of rotatable bonds is 8. The quantitative estimate of drug-likeness (QED) is 0.716. The van der Waals surface area contributed by atoms with Gasteiger partial charge in [0, 0.05) is 6.61 Å². The maximum Gasteiger partial charge on any atom is 0.335 e. The fourth-order valence-corrected chi connectivity index (χ4v) is 1.56. The molecule has 4 nitrogen and oxygen atoms in total. The van der Waals surface area contributed by atoms with Gasteiger partial charge in [0.15, 0.2) is 0 Å². The molecule has 1 aromatic carbocycles. The van der Waals surface area contributed by atoms with Crippen molar-refractivity contribution in [2.75, 3.05) is 13.2 Å². The van der Waals surface area contributed by atoms with E-state index in [9.17, 15) is 4.79 Å². The van der Waals surface area contributed by atoms with Crippen molar-refractivity contribution in [2.24, 2.45) is 5.92 Å². The van der Waals surface area contributed by atoms with E-state index in [1.807, 2.05) is 31.2 Å². The molecule has 0 heterocycles. The largest absolute Gasteiger partial charge is 0.490 e. The Hall–Kier alpha value is -2.07. The van der Waals surface area contributed by atoms with Crippen LogP contribution in [-0.2, 0) is 0 Å². The van der Waals surface area contributed by atoms with E-state index in [1.54, 1.807) is 12.1 Å². The highest BCUT2D eigenvalue weighted by molar-refractivity contribution is 5.87. The van der Waals surface area contributed by atoms with Crippen LogP contribution in [0.1, 0.15) is 23.7 Å². The van der Waals surface area contributed by atoms with Crippen LogP contribution in [0.25, 0.3) is 0 Å². The first-order valence-corrected chi connectivity index (χ1v) is 6.54. The third-order valence-corrected chi connectivity index (χ3v) is 2.62.